The topological polar surface area (TPSA) is 28.2 Å². The van der Waals surface area contributed by atoms with Crippen molar-refractivity contribution in [3.8, 4) is 0 Å². The summed E-state index contributed by atoms with van der Waals surface area (Å²) in [7, 11) is 2.02. The fourth-order valence-electron chi connectivity index (χ4n) is 2.09. The molecule has 3 nitrogen and oxygen atoms in total. The predicted octanol–water partition coefficient (Wildman–Crippen LogP) is 2.68. The van der Waals surface area contributed by atoms with Crippen LogP contribution in [-0.4, -0.2) is 36.6 Å². The first kappa shape index (κ1) is 15.1. The van der Waals surface area contributed by atoms with E-state index >= 15 is 0 Å². The van der Waals surface area contributed by atoms with Crippen LogP contribution in [0.1, 0.15) is 38.2 Å². The lowest BCUT2D eigenvalue weighted by Gasteiger charge is -2.20. The summed E-state index contributed by atoms with van der Waals surface area (Å²) in [5, 5.41) is 3.19. The molecular weight excluding hydrogens is 222 g/mol. The molecule has 1 N–H and O–H groups in total. The number of hydrogen-bond acceptors (Lipinski definition) is 3. The third kappa shape index (κ3) is 6.72. The lowest BCUT2D eigenvalue weighted by atomic mass is 10.1. The van der Waals surface area contributed by atoms with E-state index in [-0.39, 0.29) is 0 Å². The van der Waals surface area contributed by atoms with Gasteiger partial charge in [0.1, 0.15) is 0 Å². The number of nitrogens with zero attached hydrogens (tertiary/aromatic N) is 2. The molecule has 0 unspecified atom stereocenters. The van der Waals surface area contributed by atoms with E-state index in [2.05, 4.69) is 34.3 Å². The van der Waals surface area contributed by atoms with Gasteiger partial charge in [0.25, 0.3) is 0 Å². The van der Waals surface area contributed by atoms with Gasteiger partial charge in [0.05, 0.1) is 0 Å². The van der Waals surface area contributed by atoms with E-state index in [1.807, 2.05) is 19.4 Å². The van der Waals surface area contributed by atoms with E-state index in [0.717, 1.165) is 19.6 Å². The molecule has 3 heteroatoms. The lowest BCUT2D eigenvalue weighted by Crippen LogP contribution is -2.24. The molecule has 0 amide bonds. The summed E-state index contributed by atoms with van der Waals surface area (Å²) in [4.78, 5) is 6.57. The molecule has 1 rings (SSSR count). The van der Waals surface area contributed by atoms with E-state index in [9.17, 15) is 0 Å². The van der Waals surface area contributed by atoms with Crippen LogP contribution in [0.5, 0.6) is 0 Å². The normalized spacial score (nSPS) is 11.1. The van der Waals surface area contributed by atoms with Crippen molar-refractivity contribution in [2.45, 2.75) is 39.2 Å². The van der Waals surface area contributed by atoms with Crippen LogP contribution in [0.15, 0.2) is 24.5 Å². The van der Waals surface area contributed by atoms with Crippen LogP contribution in [0.3, 0.4) is 0 Å². The Morgan fingerprint density at radius 3 is 2.50 bits per heavy atom. The van der Waals surface area contributed by atoms with Gasteiger partial charge in [0, 0.05) is 18.9 Å². The van der Waals surface area contributed by atoms with E-state index in [0.29, 0.717) is 0 Å². The van der Waals surface area contributed by atoms with Gasteiger partial charge in [-0.15, -0.1) is 0 Å². The molecule has 0 aliphatic heterocycles. The van der Waals surface area contributed by atoms with Gasteiger partial charge in [-0.3, -0.25) is 9.88 Å². The van der Waals surface area contributed by atoms with Gasteiger partial charge in [-0.05, 0) is 57.2 Å². The van der Waals surface area contributed by atoms with Crippen molar-refractivity contribution in [3.63, 3.8) is 0 Å². The Morgan fingerprint density at radius 1 is 1.11 bits per heavy atom. The summed E-state index contributed by atoms with van der Waals surface area (Å²) in [6.45, 7) is 6.77. The highest BCUT2D eigenvalue weighted by Gasteiger charge is 2.03. The molecule has 0 radical (unpaired) electrons. The van der Waals surface area contributed by atoms with Gasteiger partial charge >= 0.3 is 0 Å². The van der Waals surface area contributed by atoms with E-state index in [1.54, 1.807) is 0 Å². The molecule has 0 aliphatic carbocycles. The molecule has 0 saturated carbocycles. The first-order valence-corrected chi connectivity index (χ1v) is 7.12. The second kappa shape index (κ2) is 10.0. The van der Waals surface area contributed by atoms with Gasteiger partial charge in [-0.25, -0.2) is 0 Å². The zero-order valence-corrected chi connectivity index (χ0v) is 11.9. The van der Waals surface area contributed by atoms with Crippen LogP contribution < -0.4 is 5.32 Å². The Balaban J connectivity index is 2.14. The molecule has 0 saturated heterocycles. The summed E-state index contributed by atoms with van der Waals surface area (Å²) >= 11 is 0. The van der Waals surface area contributed by atoms with Crippen molar-refractivity contribution < 1.29 is 0 Å². The maximum absolute atomic E-state index is 4.06. The highest BCUT2D eigenvalue weighted by Crippen LogP contribution is 2.06. The van der Waals surface area contributed by atoms with Crippen molar-refractivity contribution in [2.75, 3.05) is 26.7 Å². The van der Waals surface area contributed by atoms with Crippen LogP contribution in [0.4, 0.5) is 0 Å². The van der Waals surface area contributed by atoms with Crippen molar-refractivity contribution >= 4 is 0 Å². The Kier molecular flexibility index (Phi) is 8.43. The van der Waals surface area contributed by atoms with Gasteiger partial charge in [0.15, 0.2) is 0 Å². The third-order valence-electron chi connectivity index (χ3n) is 3.25. The lowest BCUT2D eigenvalue weighted by molar-refractivity contribution is 0.272. The average molecular weight is 249 g/mol. The zero-order chi connectivity index (χ0) is 13.1. The number of unbranched alkanes of at least 4 members (excludes halogenated alkanes) is 3. The fraction of sp³-hybridized carbons (Fsp3) is 0.667. The molecule has 102 valence electrons. The number of nitrogens with one attached hydrogen (secondary N) is 1. The van der Waals surface area contributed by atoms with E-state index < -0.39 is 0 Å². The van der Waals surface area contributed by atoms with Gasteiger partial charge in [0.2, 0.25) is 0 Å². The molecule has 18 heavy (non-hydrogen) atoms. The monoisotopic (exact) mass is 249 g/mol. The third-order valence-corrected chi connectivity index (χ3v) is 3.25. The van der Waals surface area contributed by atoms with E-state index in [1.165, 1.54) is 37.8 Å². The molecule has 0 atom stereocenters. The number of rotatable bonds is 10. The molecular formula is C15H27N3. The average Bonchev–Trinajstić information content (AvgIpc) is 2.42. The Labute approximate surface area is 112 Å². The van der Waals surface area contributed by atoms with Crippen molar-refractivity contribution in [3.05, 3.63) is 30.1 Å². The summed E-state index contributed by atoms with van der Waals surface area (Å²) in [6, 6.07) is 4.21. The second-order valence-electron chi connectivity index (χ2n) is 4.74. The molecule has 0 aliphatic rings. The zero-order valence-electron chi connectivity index (χ0n) is 11.9. The minimum absolute atomic E-state index is 1.05. The maximum Gasteiger partial charge on any atom is 0.0271 e. The Bertz CT molecular complexity index is 287. The molecule has 1 aromatic rings. The van der Waals surface area contributed by atoms with Crippen LogP contribution in [0.2, 0.25) is 0 Å². The SMILES string of the molecule is CCN(CCCCCCNC)Cc1ccncc1. The minimum Gasteiger partial charge on any atom is -0.320 e. The molecule has 0 bridgehead atoms. The summed E-state index contributed by atoms with van der Waals surface area (Å²) < 4.78 is 0. The second-order valence-corrected chi connectivity index (χ2v) is 4.74. The van der Waals surface area contributed by atoms with Gasteiger partial charge in [-0.1, -0.05) is 19.8 Å². The van der Waals surface area contributed by atoms with Crippen molar-refractivity contribution in [1.82, 2.24) is 15.2 Å². The molecule has 1 aromatic heterocycles. The quantitative estimate of drug-likeness (QED) is 0.646. The van der Waals surface area contributed by atoms with Gasteiger partial charge < -0.3 is 5.32 Å². The largest absolute Gasteiger partial charge is 0.320 e. The van der Waals surface area contributed by atoms with Crippen molar-refractivity contribution in [1.29, 1.82) is 0 Å². The van der Waals surface area contributed by atoms with Gasteiger partial charge in [-0.2, -0.15) is 0 Å². The number of pyridine rings is 1. The molecule has 0 spiro atoms. The Hall–Kier alpha value is -0.930. The number of hydrogen-bond donors (Lipinski definition) is 1. The Morgan fingerprint density at radius 2 is 1.83 bits per heavy atom. The summed E-state index contributed by atoms with van der Waals surface area (Å²) in [6.07, 6.45) is 9.04. The maximum atomic E-state index is 4.06. The van der Waals surface area contributed by atoms with Crippen LogP contribution in [-0.2, 0) is 6.54 Å². The smallest absolute Gasteiger partial charge is 0.0271 e. The first-order valence-electron chi connectivity index (χ1n) is 7.12. The van der Waals surface area contributed by atoms with Crippen LogP contribution >= 0.6 is 0 Å². The highest BCUT2D eigenvalue weighted by molar-refractivity contribution is 5.09. The standard InChI is InChI=1S/C15H27N3/c1-3-18(13-7-5-4-6-10-16-2)14-15-8-11-17-12-9-15/h8-9,11-12,16H,3-7,10,13-14H2,1-2H3. The minimum atomic E-state index is 1.05. The molecule has 1 heterocycles. The molecule has 0 aromatic carbocycles. The molecule has 0 fully saturated rings. The van der Waals surface area contributed by atoms with Crippen molar-refractivity contribution in [2.24, 2.45) is 0 Å². The first-order chi connectivity index (χ1) is 8.86. The van der Waals surface area contributed by atoms with Crippen LogP contribution in [0.25, 0.3) is 0 Å². The highest BCUT2D eigenvalue weighted by atomic mass is 15.1. The van der Waals surface area contributed by atoms with E-state index in [4.69, 9.17) is 0 Å². The summed E-state index contributed by atoms with van der Waals surface area (Å²) in [5.74, 6) is 0. The predicted molar refractivity (Wildman–Crippen MR) is 77.6 cm³/mol. The fourth-order valence-corrected chi connectivity index (χ4v) is 2.09. The van der Waals surface area contributed by atoms with Crippen LogP contribution in [0, 0.1) is 0 Å². The number of aromatic nitrogens is 1. The summed E-state index contributed by atoms with van der Waals surface area (Å²) in [5.41, 5.74) is 1.36.